The molecule has 2 aromatic rings. The standard InChI is InChI=1S/C16H15F4N3O3/c1-26-12-5-8(4-10(17)13(12)24)6-23-3-2-11-9(7-23)14(25)22-15(21-11)16(18,19)20/h4-5,24H,2-3,6-7H2,1H3,(H,21,22,25). The second-order valence-corrected chi connectivity index (χ2v) is 5.93. The maximum Gasteiger partial charge on any atom is 0.449 e. The van der Waals surface area contributed by atoms with E-state index in [0.29, 0.717) is 12.1 Å². The number of aromatic nitrogens is 2. The topological polar surface area (TPSA) is 78.5 Å². The molecule has 0 amide bonds. The summed E-state index contributed by atoms with van der Waals surface area (Å²) in [5.74, 6) is -2.77. The average Bonchev–Trinajstić information content (AvgIpc) is 2.57. The molecule has 10 heteroatoms. The number of phenolic OH excluding ortho intramolecular Hbond substituents is 1. The Balaban J connectivity index is 1.83. The van der Waals surface area contributed by atoms with Gasteiger partial charge in [0.25, 0.3) is 5.56 Å². The van der Waals surface area contributed by atoms with E-state index in [1.54, 1.807) is 9.88 Å². The lowest BCUT2D eigenvalue weighted by atomic mass is 10.1. The molecule has 1 aromatic heterocycles. The van der Waals surface area contributed by atoms with Crippen molar-refractivity contribution < 1.29 is 27.4 Å². The molecule has 3 rings (SSSR count). The van der Waals surface area contributed by atoms with E-state index in [1.807, 2.05) is 0 Å². The van der Waals surface area contributed by atoms with Crippen molar-refractivity contribution in [2.24, 2.45) is 0 Å². The first-order valence-electron chi connectivity index (χ1n) is 7.66. The number of rotatable bonds is 3. The number of ether oxygens (including phenoxy) is 1. The summed E-state index contributed by atoms with van der Waals surface area (Å²) in [6, 6.07) is 2.60. The molecule has 2 N–H and O–H groups in total. The van der Waals surface area contributed by atoms with Crippen molar-refractivity contribution in [3.63, 3.8) is 0 Å². The fourth-order valence-electron chi connectivity index (χ4n) is 2.88. The third-order valence-electron chi connectivity index (χ3n) is 4.13. The summed E-state index contributed by atoms with van der Waals surface area (Å²) in [6.45, 7) is 0.666. The number of methoxy groups -OCH3 is 1. The number of nitrogens with one attached hydrogen (secondary N) is 1. The number of phenols is 1. The van der Waals surface area contributed by atoms with Gasteiger partial charge in [-0.25, -0.2) is 9.37 Å². The van der Waals surface area contributed by atoms with E-state index in [9.17, 15) is 27.5 Å². The van der Waals surface area contributed by atoms with Crippen LogP contribution in [0.4, 0.5) is 17.6 Å². The molecule has 1 aromatic carbocycles. The molecular formula is C16H15F4N3O3. The molecule has 26 heavy (non-hydrogen) atoms. The van der Waals surface area contributed by atoms with Crippen LogP contribution in [-0.4, -0.2) is 33.6 Å². The van der Waals surface area contributed by atoms with Gasteiger partial charge in [0.1, 0.15) is 0 Å². The first-order chi connectivity index (χ1) is 12.2. The lowest BCUT2D eigenvalue weighted by Gasteiger charge is -2.28. The van der Waals surface area contributed by atoms with Crippen molar-refractivity contribution in [2.45, 2.75) is 25.7 Å². The zero-order chi connectivity index (χ0) is 19.1. The molecule has 1 aliphatic heterocycles. The van der Waals surface area contributed by atoms with Crippen LogP contribution in [0, 0.1) is 5.82 Å². The van der Waals surface area contributed by atoms with Crippen molar-refractivity contribution in [3.8, 4) is 11.5 Å². The molecule has 0 radical (unpaired) electrons. The number of hydrogen-bond acceptors (Lipinski definition) is 5. The predicted octanol–water partition coefficient (Wildman–Crippen LogP) is 2.20. The smallest absolute Gasteiger partial charge is 0.449 e. The van der Waals surface area contributed by atoms with E-state index in [1.165, 1.54) is 13.2 Å². The van der Waals surface area contributed by atoms with Gasteiger partial charge in [-0.3, -0.25) is 9.69 Å². The van der Waals surface area contributed by atoms with Crippen molar-refractivity contribution in [2.75, 3.05) is 13.7 Å². The second kappa shape index (κ2) is 6.60. The van der Waals surface area contributed by atoms with Crippen molar-refractivity contribution in [1.29, 1.82) is 0 Å². The first kappa shape index (κ1) is 18.2. The maximum absolute atomic E-state index is 13.7. The molecule has 0 spiro atoms. The molecule has 0 aliphatic carbocycles. The van der Waals surface area contributed by atoms with Crippen molar-refractivity contribution in [3.05, 3.63) is 50.9 Å². The molecule has 0 saturated heterocycles. The normalized spacial score (nSPS) is 15.0. The van der Waals surface area contributed by atoms with Crippen LogP contribution < -0.4 is 10.3 Å². The Hall–Kier alpha value is -2.62. The fraction of sp³-hybridized carbons (Fsp3) is 0.375. The Kier molecular flexibility index (Phi) is 4.61. The minimum atomic E-state index is -4.72. The summed E-state index contributed by atoms with van der Waals surface area (Å²) in [5.41, 5.74) is -0.0550. The highest BCUT2D eigenvalue weighted by Gasteiger charge is 2.36. The van der Waals surface area contributed by atoms with Gasteiger partial charge in [-0.05, 0) is 17.7 Å². The molecule has 0 bridgehead atoms. The van der Waals surface area contributed by atoms with Crippen LogP contribution in [0.5, 0.6) is 11.5 Å². The summed E-state index contributed by atoms with van der Waals surface area (Å²) >= 11 is 0. The Labute approximate surface area is 145 Å². The van der Waals surface area contributed by atoms with Gasteiger partial charge in [0.15, 0.2) is 17.3 Å². The predicted molar refractivity (Wildman–Crippen MR) is 82.3 cm³/mol. The summed E-state index contributed by atoms with van der Waals surface area (Å²) in [5, 5.41) is 9.53. The summed E-state index contributed by atoms with van der Waals surface area (Å²) in [7, 11) is 1.29. The van der Waals surface area contributed by atoms with Gasteiger partial charge < -0.3 is 14.8 Å². The molecule has 2 heterocycles. The van der Waals surface area contributed by atoms with Crippen LogP contribution in [0.3, 0.4) is 0 Å². The number of halogens is 4. The zero-order valence-corrected chi connectivity index (χ0v) is 13.7. The van der Waals surface area contributed by atoms with Crippen LogP contribution in [-0.2, 0) is 25.7 Å². The molecule has 140 valence electrons. The van der Waals surface area contributed by atoms with Gasteiger partial charge in [0.05, 0.1) is 18.4 Å². The molecular weight excluding hydrogens is 358 g/mol. The third-order valence-corrected chi connectivity index (χ3v) is 4.13. The van der Waals surface area contributed by atoms with Gasteiger partial charge in [0, 0.05) is 26.1 Å². The number of aromatic amines is 1. The number of aromatic hydroxyl groups is 1. The summed E-state index contributed by atoms with van der Waals surface area (Å²) < 4.78 is 56.8. The summed E-state index contributed by atoms with van der Waals surface area (Å²) in [6.07, 6.45) is -4.55. The van der Waals surface area contributed by atoms with Crippen molar-refractivity contribution >= 4 is 0 Å². The number of hydrogen-bond donors (Lipinski definition) is 2. The second-order valence-electron chi connectivity index (χ2n) is 5.93. The number of alkyl halides is 3. The number of fused-ring (bicyclic) bond motifs is 1. The number of benzene rings is 1. The highest BCUT2D eigenvalue weighted by atomic mass is 19.4. The largest absolute Gasteiger partial charge is 0.502 e. The minimum Gasteiger partial charge on any atom is -0.502 e. The van der Waals surface area contributed by atoms with Crippen molar-refractivity contribution in [1.82, 2.24) is 14.9 Å². The minimum absolute atomic E-state index is 0.0215. The molecule has 0 atom stereocenters. The van der Waals surface area contributed by atoms with E-state index in [0.717, 1.165) is 6.07 Å². The molecule has 0 fully saturated rings. The quantitative estimate of drug-likeness (QED) is 0.807. The van der Waals surface area contributed by atoms with Gasteiger partial charge in [0.2, 0.25) is 5.82 Å². The zero-order valence-electron chi connectivity index (χ0n) is 13.7. The van der Waals surface area contributed by atoms with Crippen LogP contribution in [0.1, 0.15) is 22.6 Å². The Morgan fingerprint density at radius 3 is 2.77 bits per heavy atom. The van der Waals surface area contributed by atoms with Crippen LogP contribution in [0.15, 0.2) is 16.9 Å². The van der Waals surface area contributed by atoms with E-state index in [-0.39, 0.29) is 36.5 Å². The highest BCUT2D eigenvalue weighted by Crippen LogP contribution is 2.31. The van der Waals surface area contributed by atoms with E-state index in [4.69, 9.17) is 4.74 Å². The number of nitrogens with zero attached hydrogens (tertiary/aromatic N) is 2. The highest BCUT2D eigenvalue weighted by molar-refractivity contribution is 5.43. The molecule has 0 saturated carbocycles. The van der Waals surface area contributed by atoms with E-state index in [2.05, 4.69) is 4.98 Å². The van der Waals surface area contributed by atoms with E-state index >= 15 is 0 Å². The fourth-order valence-corrected chi connectivity index (χ4v) is 2.88. The average molecular weight is 373 g/mol. The van der Waals surface area contributed by atoms with Gasteiger partial charge in [-0.2, -0.15) is 13.2 Å². The van der Waals surface area contributed by atoms with Gasteiger partial charge in [-0.1, -0.05) is 0 Å². The maximum atomic E-state index is 13.7. The lowest BCUT2D eigenvalue weighted by Crippen LogP contribution is -2.36. The Bertz CT molecular complexity index is 896. The monoisotopic (exact) mass is 373 g/mol. The molecule has 1 aliphatic rings. The Morgan fingerprint density at radius 1 is 1.38 bits per heavy atom. The molecule has 0 unspecified atom stereocenters. The number of H-pyrrole nitrogens is 1. The van der Waals surface area contributed by atoms with Crippen LogP contribution in [0.25, 0.3) is 0 Å². The lowest BCUT2D eigenvalue weighted by molar-refractivity contribution is -0.145. The first-order valence-corrected chi connectivity index (χ1v) is 7.66. The SMILES string of the molecule is COc1cc(CN2CCc3nc(C(F)(F)F)[nH]c(=O)c3C2)cc(F)c1O. The van der Waals surface area contributed by atoms with E-state index < -0.39 is 29.1 Å². The molecule has 6 nitrogen and oxygen atoms in total. The van der Waals surface area contributed by atoms with Gasteiger partial charge in [-0.15, -0.1) is 0 Å². The Morgan fingerprint density at radius 2 is 2.12 bits per heavy atom. The van der Waals surface area contributed by atoms with Crippen LogP contribution >= 0.6 is 0 Å². The van der Waals surface area contributed by atoms with Gasteiger partial charge >= 0.3 is 6.18 Å². The van der Waals surface area contributed by atoms with Crippen LogP contribution in [0.2, 0.25) is 0 Å². The summed E-state index contributed by atoms with van der Waals surface area (Å²) in [4.78, 5) is 19.1. The third kappa shape index (κ3) is 3.50.